The van der Waals surface area contributed by atoms with Crippen molar-refractivity contribution in [1.82, 2.24) is 10.2 Å². The second kappa shape index (κ2) is 10.4. The van der Waals surface area contributed by atoms with Gasteiger partial charge in [-0.3, -0.25) is 0 Å². The van der Waals surface area contributed by atoms with Crippen LogP contribution in [0.15, 0.2) is 0 Å². The Balaban J connectivity index is 3.84. The Morgan fingerprint density at radius 3 is 2.44 bits per heavy atom. The minimum absolute atomic E-state index is 0.705. The predicted molar refractivity (Wildman–Crippen MR) is 77.4 cm³/mol. The molecule has 0 saturated heterocycles. The molecule has 16 heavy (non-hydrogen) atoms. The summed E-state index contributed by atoms with van der Waals surface area (Å²) < 4.78 is 0. The molecule has 0 aliphatic heterocycles. The summed E-state index contributed by atoms with van der Waals surface area (Å²) in [6.45, 7) is 10.3. The first-order valence-corrected chi connectivity index (χ1v) is 7.91. The molecule has 1 atom stereocenters. The van der Waals surface area contributed by atoms with Crippen molar-refractivity contribution < 1.29 is 0 Å². The highest BCUT2D eigenvalue weighted by atomic mass is 32.2. The van der Waals surface area contributed by atoms with Crippen molar-refractivity contribution in [2.75, 3.05) is 38.7 Å². The van der Waals surface area contributed by atoms with Crippen molar-refractivity contribution in [3.8, 4) is 0 Å². The number of hydrogen-bond donors (Lipinski definition) is 1. The maximum atomic E-state index is 3.58. The minimum atomic E-state index is 0.705. The van der Waals surface area contributed by atoms with Crippen LogP contribution in [0.2, 0.25) is 0 Å². The highest BCUT2D eigenvalue weighted by molar-refractivity contribution is 7.98. The van der Waals surface area contributed by atoms with Gasteiger partial charge in [-0.05, 0) is 32.2 Å². The molecule has 0 heterocycles. The van der Waals surface area contributed by atoms with Crippen molar-refractivity contribution in [2.24, 2.45) is 5.92 Å². The Labute approximate surface area is 107 Å². The smallest absolute Gasteiger partial charge is 0.0217 e. The molecule has 0 aliphatic carbocycles. The van der Waals surface area contributed by atoms with Crippen LogP contribution in [-0.2, 0) is 0 Å². The average molecular weight is 246 g/mol. The van der Waals surface area contributed by atoms with Crippen molar-refractivity contribution in [1.29, 1.82) is 0 Å². The lowest BCUT2D eigenvalue weighted by Crippen LogP contribution is -2.41. The van der Waals surface area contributed by atoms with Gasteiger partial charge >= 0.3 is 0 Å². The molecule has 0 aromatic rings. The molecular formula is C13H30N2S. The number of hydrogen-bond acceptors (Lipinski definition) is 3. The van der Waals surface area contributed by atoms with E-state index in [0.29, 0.717) is 6.04 Å². The Bertz CT molecular complexity index is 151. The molecule has 0 aliphatic rings. The van der Waals surface area contributed by atoms with Gasteiger partial charge in [0.15, 0.2) is 0 Å². The first-order chi connectivity index (χ1) is 7.61. The predicted octanol–water partition coefficient (Wildman–Crippen LogP) is 2.70. The summed E-state index contributed by atoms with van der Waals surface area (Å²) >= 11 is 1.93. The summed E-state index contributed by atoms with van der Waals surface area (Å²) in [5.41, 5.74) is 0. The fourth-order valence-corrected chi connectivity index (χ4v) is 2.24. The van der Waals surface area contributed by atoms with E-state index in [9.17, 15) is 0 Å². The molecule has 0 amide bonds. The zero-order chi connectivity index (χ0) is 12.4. The summed E-state index contributed by atoms with van der Waals surface area (Å²) in [6, 6.07) is 0.705. The van der Waals surface area contributed by atoms with Crippen LogP contribution in [-0.4, -0.2) is 49.6 Å². The molecule has 0 fully saturated rings. The molecular weight excluding hydrogens is 216 g/mol. The molecule has 0 radical (unpaired) electrons. The van der Waals surface area contributed by atoms with E-state index in [1.54, 1.807) is 0 Å². The number of thioether (sulfide) groups is 1. The van der Waals surface area contributed by atoms with Gasteiger partial charge < -0.3 is 10.2 Å². The van der Waals surface area contributed by atoms with E-state index in [-0.39, 0.29) is 0 Å². The standard InChI is InChI=1S/C13H30N2S/c1-6-7-13(11-14-10-12(2)3)15(4)8-9-16-5/h12-14H,6-11H2,1-5H3. The van der Waals surface area contributed by atoms with Crippen LogP contribution >= 0.6 is 11.8 Å². The molecule has 0 aromatic carbocycles. The molecule has 1 N–H and O–H groups in total. The van der Waals surface area contributed by atoms with E-state index in [4.69, 9.17) is 0 Å². The molecule has 2 nitrogen and oxygen atoms in total. The van der Waals surface area contributed by atoms with Crippen molar-refractivity contribution in [3.63, 3.8) is 0 Å². The molecule has 1 unspecified atom stereocenters. The van der Waals surface area contributed by atoms with Crippen LogP contribution in [0.3, 0.4) is 0 Å². The van der Waals surface area contributed by atoms with E-state index in [2.05, 4.69) is 44.3 Å². The van der Waals surface area contributed by atoms with Crippen molar-refractivity contribution >= 4 is 11.8 Å². The van der Waals surface area contributed by atoms with Crippen LogP contribution in [0, 0.1) is 5.92 Å². The summed E-state index contributed by atoms with van der Waals surface area (Å²) in [6.07, 6.45) is 4.76. The normalized spacial score (nSPS) is 13.7. The Hall–Kier alpha value is 0.270. The molecule has 0 spiro atoms. The molecule has 3 heteroatoms. The maximum absolute atomic E-state index is 3.58. The van der Waals surface area contributed by atoms with Gasteiger partial charge in [-0.25, -0.2) is 0 Å². The number of likely N-dealkylation sites (N-methyl/N-ethyl adjacent to an activating group) is 1. The largest absolute Gasteiger partial charge is 0.315 e. The molecule has 0 rings (SSSR count). The third-order valence-electron chi connectivity index (χ3n) is 2.83. The van der Waals surface area contributed by atoms with Crippen molar-refractivity contribution in [3.05, 3.63) is 0 Å². The Morgan fingerprint density at radius 2 is 1.94 bits per heavy atom. The van der Waals surface area contributed by atoms with Crippen LogP contribution in [0.5, 0.6) is 0 Å². The lowest BCUT2D eigenvalue weighted by molar-refractivity contribution is 0.233. The van der Waals surface area contributed by atoms with E-state index in [1.807, 2.05) is 11.8 Å². The van der Waals surface area contributed by atoms with Gasteiger partial charge in [-0.2, -0.15) is 11.8 Å². The molecule has 98 valence electrons. The minimum Gasteiger partial charge on any atom is -0.315 e. The second-order valence-corrected chi connectivity index (χ2v) is 5.95. The van der Waals surface area contributed by atoms with Gasteiger partial charge in [-0.1, -0.05) is 27.2 Å². The number of nitrogens with zero attached hydrogens (tertiary/aromatic N) is 1. The van der Waals surface area contributed by atoms with Gasteiger partial charge in [0.05, 0.1) is 0 Å². The van der Waals surface area contributed by atoms with E-state index in [0.717, 1.165) is 19.0 Å². The topological polar surface area (TPSA) is 15.3 Å². The molecule has 0 saturated carbocycles. The quantitative estimate of drug-likeness (QED) is 0.638. The number of nitrogens with one attached hydrogen (secondary N) is 1. The summed E-state index contributed by atoms with van der Waals surface area (Å²) in [5.74, 6) is 1.99. The highest BCUT2D eigenvalue weighted by Gasteiger charge is 2.12. The van der Waals surface area contributed by atoms with Crippen LogP contribution in [0.25, 0.3) is 0 Å². The Kier molecular flexibility index (Phi) is 10.6. The average Bonchev–Trinajstić information content (AvgIpc) is 2.24. The second-order valence-electron chi connectivity index (χ2n) is 4.97. The fraction of sp³-hybridized carbons (Fsp3) is 1.00. The van der Waals surface area contributed by atoms with Crippen LogP contribution < -0.4 is 5.32 Å². The van der Waals surface area contributed by atoms with E-state index in [1.165, 1.54) is 25.1 Å². The summed E-state index contributed by atoms with van der Waals surface area (Å²) in [5, 5.41) is 3.58. The highest BCUT2D eigenvalue weighted by Crippen LogP contribution is 2.05. The van der Waals surface area contributed by atoms with Gasteiger partial charge in [0.25, 0.3) is 0 Å². The maximum Gasteiger partial charge on any atom is 0.0217 e. The van der Waals surface area contributed by atoms with E-state index < -0.39 is 0 Å². The Morgan fingerprint density at radius 1 is 1.25 bits per heavy atom. The SMILES string of the molecule is CCCC(CNCC(C)C)N(C)CCSC. The van der Waals surface area contributed by atoms with Crippen molar-refractivity contribution in [2.45, 2.75) is 39.7 Å². The van der Waals surface area contributed by atoms with Crippen LogP contribution in [0.4, 0.5) is 0 Å². The lowest BCUT2D eigenvalue weighted by Gasteiger charge is -2.28. The van der Waals surface area contributed by atoms with Gasteiger partial charge in [-0.15, -0.1) is 0 Å². The van der Waals surface area contributed by atoms with Gasteiger partial charge in [0.2, 0.25) is 0 Å². The lowest BCUT2D eigenvalue weighted by atomic mass is 10.1. The van der Waals surface area contributed by atoms with Gasteiger partial charge in [0.1, 0.15) is 0 Å². The zero-order valence-corrected chi connectivity index (χ0v) is 12.6. The first kappa shape index (κ1) is 16.3. The van der Waals surface area contributed by atoms with Gasteiger partial charge in [0, 0.05) is 24.9 Å². The summed E-state index contributed by atoms with van der Waals surface area (Å²) in [7, 11) is 2.26. The monoisotopic (exact) mass is 246 g/mol. The first-order valence-electron chi connectivity index (χ1n) is 6.51. The molecule has 0 bridgehead atoms. The summed E-state index contributed by atoms with van der Waals surface area (Å²) in [4.78, 5) is 2.51. The third-order valence-corrected chi connectivity index (χ3v) is 3.42. The zero-order valence-electron chi connectivity index (χ0n) is 11.8. The third kappa shape index (κ3) is 8.43. The van der Waals surface area contributed by atoms with Crippen LogP contribution in [0.1, 0.15) is 33.6 Å². The fourth-order valence-electron chi connectivity index (χ4n) is 1.77. The number of rotatable bonds is 10. The molecule has 0 aromatic heterocycles. The van der Waals surface area contributed by atoms with E-state index >= 15 is 0 Å².